The van der Waals surface area contributed by atoms with Gasteiger partial charge in [-0.3, -0.25) is 9.69 Å². The van der Waals surface area contributed by atoms with Crippen molar-refractivity contribution in [3.8, 4) is 0 Å². The summed E-state index contributed by atoms with van der Waals surface area (Å²) in [5.41, 5.74) is -2.60. The van der Waals surface area contributed by atoms with Gasteiger partial charge in [-0.15, -0.1) is 0 Å². The molecular formula is C24H24F6N4O2. The van der Waals surface area contributed by atoms with Crippen molar-refractivity contribution in [3.63, 3.8) is 0 Å². The Morgan fingerprint density at radius 1 is 0.972 bits per heavy atom. The van der Waals surface area contributed by atoms with Crippen molar-refractivity contribution in [1.29, 1.82) is 0 Å². The van der Waals surface area contributed by atoms with Gasteiger partial charge in [0, 0.05) is 5.69 Å². The highest BCUT2D eigenvalue weighted by Crippen LogP contribution is 2.40. The molecule has 194 valence electrons. The van der Waals surface area contributed by atoms with E-state index >= 15 is 0 Å². The summed E-state index contributed by atoms with van der Waals surface area (Å²) in [6.45, 7) is -0.227. The van der Waals surface area contributed by atoms with Crippen LogP contribution in [-0.4, -0.2) is 40.5 Å². The van der Waals surface area contributed by atoms with E-state index in [1.165, 1.54) is 28.0 Å². The Balaban J connectivity index is 1.57. The summed E-state index contributed by atoms with van der Waals surface area (Å²) in [7, 11) is 0. The van der Waals surface area contributed by atoms with Gasteiger partial charge in [-0.05, 0) is 43.2 Å². The van der Waals surface area contributed by atoms with Crippen LogP contribution in [0.2, 0.25) is 0 Å². The first-order valence-electron chi connectivity index (χ1n) is 11.5. The minimum Gasteiger partial charge on any atom is -0.325 e. The first-order valence-corrected chi connectivity index (χ1v) is 11.5. The van der Waals surface area contributed by atoms with E-state index in [4.69, 9.17) is 0 Å². The number of carbonyl (C=O) groups is 2. The summed E-state index contributed by atoms with van der Waals surface area (Å²) in [5.74, 6) is -0.668. The maximum atomic E-state index is 13.4. The lowest BCUT2D eigenvalue weighted by atomic mass is 9.89. The molecule has 0 atom stereocenters. The summed E-state index contributed by atoms with van der Waals surface area (Å²) in [6.07, 6.45) is -3.52. The number of hydrogen-bond donors (Lipinski definition) is 1. The molecule has 0 unspecified atom stereocenters. The van der Waals surface area contributed by atoms with E-state index in [1.807, 2.05) is 0 Å². The van der Waals surface area contributed by atoms with Crippen LogP contribution in [0, 0.1) is 0 Å². The number of pyridine rings is 1. The lowest BCUT2D eigenvalue weighted by molar-refractivity contribution is -0.141. The molecule has 0 radical (unpaired) electrons. The lowest BCUT2D eigenvalue weighted by Gasteiger charge is -2.36. The van der Waals surface area contributed by atoms with Gasteiger partial charge in [-0.2, -0.15) is 26.3 Å². The highest BCUT2D eigenvalue weighted by molar-refractivity contribution is 6.00. The first kappa shape index (κ1) is 25.8. The van der Waals surface area contributed by atoms with Gasteiger partial charge in [-0.25, -0.2) is 9.78 Å². The minimum absolute atomic E-state index is 0.0554. The van der Waals surface area contributed by atoms with Crippen molar-refractivity contribution >= 4 is 23.3 Å². The number of rotatable bonds is 4. The number of alkyl halides is 6. The number of benzene rings is 1. The Hall–Kier alpha value is -3.31. The average molecular weight is 514 g/mol. The molecule has 2 heterocycles. The molecule has 6 nitrogen and oxygen atoms in total. The van der Waals surface area contributed by atoms with Crippen molar-refractivity contribution < 1.29 is 35.9 Å². The van der Waals surface area contributed by atoms with Crippen LogP contribution in [0.3, 0.4) is 0 Å². The summed E-state index contributed by atoms with van der Waals surface area (Å²) >= 11 is 0. The van der Waals surface area contributed by atoms with E-state index in [1.54, 1.807) is 0 Å². The molecule has 36 heavy (non-hydrogen) atoms. The van der Waals surface area contributed by atoms with E-state index in [0.29, 0.717) is 12.8 Å². The Morgan fingerprint density at radius 2 is 1.67 bits per heavy atom. The Kier molecular flexibility index (Phi) is 6.89. The van der Waals surface area contributed by atoms with Crippen molar-refractivity contribution in [2.45, 2.75) is 56.4 Å². The van der Waals surface area contributed by atoms with E-state index in [0.717, 1.165) is 50.1 Å². The normalized spacial score (nSPS) is 18.4. The van der Waals surface area contributed by atoms with Crippen LogP contribution in [0.1, 0.15) is 49.8 Å². The van der Waals surface area contributed by atoms with Crippen LogP contribution in [0.15, 0.2) is 42.6 Å². The van der Waals surface area contributed by atoms with Gasteiger partial charge in [-0.1, -0.05) is 31.7 Å². The highest BCUT2D eigenvalue weighted by atomic mass is 19.4. The number of urea groups is 1. The van der Waals surface area contributed by atoms with Gasteiger partial charge >= 0.3 is 18.4 Å². The van der Waals surface area contributed by atoms with Crippen LogP contribution in [0.25, 0.3) is 0 Å². The van der Waals surface area contributed by atoms with Gasteiger partial charge in [0.15, 0.2) is 0 Å². The molecule has 1 aliphatic carbocycles. The molecule has 3 amide bonds. The van der Waals surface area contributed by atoms with Gasteiger partial charge in [0.05, 0.1) is 29.5 Å². The summed E-state index contributed by atoms with van der Waals surface area (Å²) < 4.78 is 77.8. The molecule has 2 fully saturated rings. The summed E-state index contributed by atoms with van der Waals surface area (Å²) in [6, 6.07) is 5.60. The fourth-order valence-electron chi connectivity index (χ4n) is 4.88. The third-order valence-electron chi connectivity index (χ3n) is 6.65. The fourth-order valence-corrected chi connectivity index (χ4v) is 4.88. The molecule has 1 aromatic carbocycles. The lowest BCUT2D eigenvalue weighted by Crippen LogP contribution is -2.50. The number of carbonyl (C=O) groups excluding carboxylic acids is 2. The fraction of sp³-hybridized carbons (Fsp3) is 0.458. The molecule has 1 aliphatic heterocycles. The second kappa shape index (κ2) is 9.62. The van der Waals surface area contributed by atoms with Crippen molar-refractivity contribution in [2.24, 2.45) is 0 Å². The van der Waals surface area contributed by atoms with E-state index in [2.05, 4.69) is 10.3 Å². The smallest absolute Gasteiger partial charge is 0.325 e. The van der Waals surface area contributed by atoms with Crippen LogP contribution < -0.4 is 10.2 Å². The average Bonchev–Trinajstić information content (AvgIpc) is 2.94. The van der Waals surface area contributed by atoms with Crippen molar-refractivity contribution in [2.75, 3.05) is 23.3 Å². The second-order valence-electron chi connectivity index (χ2n) is 9.12. The van der Waals surface area contributed by atoms with Gasteiger partial charge in [0.1, 0.15) is 12.2 Å². The number of nitrogens with one attached hydrogen (secondary N) is 1. The maximum Gasteiger partial charge on any atom is 0.433 e. The molecule has 1 saturated carbocycles. The van der Waals surface area contributed by atoms with E-state index in [9.17, 15) is 35.9 Å². The molecule has 4 rings (SSSR count). The maximum absolute atomic E-state index is 13.4. The predicted octanol–water partition coefficient (Wildman–Crippen LogP) is 6.09. The number of anilines is 2. The van der Waals surface area contributed by atoms with E-state index < -0.39 is 47.6 Å². The summed E-state index contributed by atoms with van der Waals surface area (Å²) in [5, 5.41) is 2.43. The van der Waals surface area contributed by atoms with Crippen molar-refractivity contribution in [3.05, 3.63) is 53.9 Å². The molecule has 2 aliphatic rings. The topological polar surface area (TPSA) is 65.5 Å². The molecule has 1 aromatic heterocycles. The Morgan fingerprint density at radius 3 is 2.25 bits per heavy atom. The number of nitrogens with zero attached hydrogens (tertiary/aromatic N) is 3. The second-order valence-corrected chi connectivity index (χ2v) is 9.12. The Bertz CT molecular complexity index is 1110. The van der Waals surface area contributed by atoms with Gasteiger partial charge in [0.2, 0.25) is 5.91 Å². The van der Waals surface area contributed by atoms with Crippen LogP contribution in [-0.2, 0) is 17.1 Å². The molecular weight excluding hydrogens is 490 g/mol. The molecule has 1 spiro atoms. The monoisotopic (exact) mass is 514 g/mol. The van der Waals surface area contributed by atoms with Gasteiger partial charge in [0.25, 0.3) is 0 Å². The molecule has 12 heteroatoms. The zero-order valence-electron chi connectivity index (χ0n) is 19.1. The quantitative estimate of drug-likeness (QED) is 0.502. The molecule has 0 bridgehead atoms. The Labute approximate surface area is 203 Å². The molecule has 1 saturated heterocycles. The largest absolute Gasteiger partial charge is 0.433 e. The highest BCUT2D eigenvalue weighted by Gasteiger charge is 2.50. The number of aromatic nitrogens is 1. The zero-order valence-corrected chi connectivity index (χ0v) is 19.1. The zero-order chi connectivity index (χ0) is 26.1. The summed E-state index contributed by atoms with van der Waals surface area (Å²) in [4.78, 5) is 32.4. The standard InChI is InChI=1S/C24H24F6N4O2/c25-23(26,27)16-6-5-7-17(12-16)32-20(35)14-34-21(36)33(15-22(34)10-3-1-2-4-11-22)18-8-9-19(31-13-18)24(28,29)30/h5-9,12-13H,1-4,10-11,14-15H2,(H,32,35). The number of halogens is 6. The number of amides is 3. The van der Waals surface area contributed by atoms with Crippen molar-refractivity contribution in [1.82, 2.24) is 9.88 Å². The van der Waals surface area contributed by atoms with Gasteiger partial charge < -0.3 is 10.2 Å². The third kappa shape index (κ3) is 5.41. The SMILES string of the molecule is O=C(CN1C(=O)N(c2ccc(C(F)(F)F)nc2)CC12CCCCCC2)Nc1cccc(C(F)(F)F)c1. The number of hydrogen-bond acceptors (Lipinski definition) is 3. The van der Waals surface area contributed by atoms with E-state index in [-0.39, 0.29) is 17.9 Å². The molecule has 2 aromatic rings. The molecule has 1 N–H and O–H groups in total. The predicted molar refractivity (Wildman–Crippen MR) is 119 cm³/mol. The van der Waals surface area contributed by atoms with Crippen LogP contribution >= 0.6 is 0 Å². The van der Waals surface area contributed by atoms with Crippen LogP contribution in [0.4, 0.5) is 42.5 Å². The third-order valence-corrected chi connectivity index (χ3v) is 6.65. The minimum atomic E-state index is -4.62. The van der Waals surface area contributed by atoms with Crippen LogP contribution in [0.5, 0.6) is 0 Å². The first-order chi connectivity index (χ1) is 16.9.